The predicted molar refractivity (Wildman–Crippen MR) is 135 cm³/mol. The third kappa shape index (κ3) is 5.53. The number of carbonyl (C=O) groups is 1. The highest BCUT2D eigenvalue weighted by Crippen LogP contribution is 2.31. The molecule has 5 heteroatoms. The van der Waals surface area contributed by atoms with Crippen LogP contribution in [0.2, 0.25) is 0 Å². The first-order valence-corrected chi connectivity index (χ1v) is 12.4. The molecular formula is C29H34FN3O. The van der Waals surface area contributed by atoms with Crippen LogP contribution in [0.25, 0.3) is 0 Å². The molecule has 34 heavy (non-hydrogen) atoms. The van der Waals surface area contributed by atoms with Crippen LogP contribution in [0.15, 0.2) is 73.1 Å². The molecule has 3 aromatic rings. The zero-order valence-electron chi connectivity index (χ0n) is 20.2. The number of pyridine rings is 1. The number of ketones is 1. The Balaban J connectivity index is 1.45. The van der Waals surface area contributed by atoms with Gasteiger partial charge in [-0.1, -0.05) is 56.3 Å². The monoisotopic (exact) mass is 459 g/mol. The third-order valence-corrected chi connectivity index (χ3v) is 6.97. The summed E-state index contributed by atoms with van der Waals surface area (Å²) in [7, 11) is 0. The Labute approximate surface area is 202 Å². The van der Waals surface area contributed by atoms with Gasteiger partial charge in [-0.15, -0.1) is 0 Å². The van der Waals surface area contributed by atoms with E-state index in [1.54, 1.807) is 12.3 Å². The molecule has 0 N–H and O–H groups in total. The van der Waals surface area contributed by atoms with Gasteiger partial charge in [0.15, 0.2) is 0 Å². The van der Waals surface area contributed by atoms with Crippen molar-refractivity contribution in [3.8, 4) is 0 Å². The maximum absolute atomic E-state index is 15.1. The van der Waals surface area contributed by atoms with Crippen molar-refractivity contribution in [3.05, 3.63) is 95.6 Å². The van der Waals surface area contributed by atoms with E-state index in [4.69, 9.17) is 0 Å². The second-order valence-corrected chi connectivity index (χ2v) is 9.06. The topological polar surface area (TPSA) is 36.4 Å². The van der Waals surface area contributed by atoms with Gasteiger partial charge in [-0.05, 0) is 47.7 Å². The summed E-state index contributed by atoms with van der Waals surface area (Å²) in [5.41, 5.74) is 3.79. The van der Waals surface area contributed by atoms with Gasteiger partial charge in [0.2, 0.25) is 0 Å². The number of hydrogen-bond acceptors (Lipinski definition) is 4. The van der Waals surface area contributed by atoms with E-state index in [2.05, 4.69) is 45.1 Å². The molecule has 0 aliphatic carbocycles. The molecule has 0 radical (unpaired) electrons. The van der Waals surface area contributed by atoms with Gasteiger partial charge in [-0.3, -0.25) is 14.7 Å². The molecule has 178 valence electrons. The van der Waals surface area contributed by atoms with Crippen LogP contribution in [-0.4, -0.2) is 41.8 Å². The molecule has 1 aliphatic rings. The molecule has 0 bridgehead atoms. The van der Waals surface area contributed by atoms with Crippen LogP contribution < -0.4 is 4.90 Å². The number of piperazine rings is 1. The highest BCUT2D eigenvalue weighted by Gasteiger charge is 2.27. The van der Waals surface area contributed by atoms with E-state index in [1.807, 2.05) is 44.3 Å². The number of hydrogen-bond donors (Lipinski definition) is 0. The second kappa shape index (κ2) is 11.4. The number of nitrogens with zero attached hydrogens (tertiary/aromatic N) is 3. The van der Waals surface area contributed by atoms with E-state index in [0.717, 1.165) is 44.6 Å². The largest absolute Gasteiger partial charge is 0.367 e. The standard InChI is InChI=1S/C29H34FN3O/c1-3-23(4-2)28(34)20-22-12-13-27(26(30)19-22)32-15-17-33(18-16-32)29(24-9-6-5-7-10-24)25-11-8-14-31-21-25/h5-14,19,21,23,29H,3-4,15-18,20H2,1-2H3. The molecule has 0 saturated carbocycles. The number of aromatic nitrogens is 1. The maximum Gasteiger partial charge on any atom is 0.146 e. The van der Waals surface area contributed by atoms with Crippen LogP contribution in [0.1, 0.15) is 49.4 Å². The zero-order valence-corrected chi connectivity index (χ0v) is 20.2. The van der Waals surface area contributed by atoms with E-state index < -0.39 is 0 Å². The fourth-order valence-corrected chi connectivity index (χ4v) is 5.01. The molecular weight excluding hydrogens is 425 g/mol. The second-order valence-electron chi connectivity index (χ2n) is 9.06. The Hall–Kier alpha value is -3.05. The van der Waals surface area contributed by atoms with Crippen LogP contribution >= 0.6 is 0 Å². The maximum atomic E-state index is 15.1. The zero-order chi connectivity index (χ0) is 23.9. The molecule has 1 unspecified atom stereocenters. The van der Waals surface area contributed by atoms with Gasteiger partial charge in [-0.2, -0.15) is 0 Å². The Morgan fingerprint density at radius 2 is 1.65 bits per heavy atom. The number of benzene rings is 2. The fraction of sp³-hybridized carbons (Fsp3) is 0.379. The molecule has 1 atom stereocenters. The minimum atomic E-state index is -0.241. The fourth-order valence-electron chi connectivity index (χ4n) is 5.01. The third-order valence-electron chi connectivity index (χ3n) is 6.97. The van der Waals surface area contributed by atoms with E-state index in [9.17, 15) is 4.79 Å². The van der Waals surface area contributed by atoms with Gasteiger partial charge >= 0.3 is 0 Å². The van der Waals surface area contributed by atoms with Crippen molar-refractivity contribution in [1.29, 1.82) is 0 Å². The number of carbonyl (C=O) groups excluding carboxylic acids is 1. The summed E-state index contributed by atoms with van der Waals surface area (Å²) < 4.78 is 15.1. The first kappa shape index (κ1) is 24.1. The van der Waals surface area contributed by atoms with Crippen molar-refractivity contribution < 1.29 is 9.18 Å². The molecule has 0 spiro atoms. The van der Waals surface area contributed by atoms with E-state index >= 15 is 4.39 Å². The van der Waals surface area contributed by atoms with Crippen LogP contribution in [-0.2, 0) is 11.2 Å². The minimum Gasteiger partial charge on any atom is -0.367 e. The predicted octanol–water partition coefficient (Wildman–Crippen LogP) is 5.68. The van der Waals surface area contributed by atoms with Crippen molar-refractivity contribution in [2.45, 2.75) is 39.2 Å². The summed E-state index contributed by atoms with van der Waals surface area (Å²) in [6.45, 7) is 7.20. The Morgan fingerprint density at radius 3 is 2.26 bits per heavy atom. The lowest BCUT2D eigenvalue weighted by Gasteiger charge is -2.40. The molecule has 1 saturated heterocycles. The lowest BCUT2D eigenvalue weighted by Crippen LogP contribution is -2.48. The lowest BCUT2D eigenvalue weighted by molar-refractivity contribution is -0.122. The molecule has 1 aliphatic heterocycles. The molecule has 4 rings (SSSR count). The number of anilines is 1. The van der Waals surface area contributed by atoms with Gasteiger partial charge in [0.25, 0.3) is 0 Å². The van der Waals surface area contributed by atoms with Crippen LogP contribution in [0.4, 0.5) is 10.1 Å². The number of Topliss-reactive ketones (excluding diaryl/α,β-unsaturated/α-hetero) is 1. The van der Waals surface area contributed by atoms with Gasteiger partial charge in [0.1, 0.15) is 11.6 Å². The van der Waals surface area contributed by atoms with Crippen molar-refractivity contribution in [3.63, 3.8) is 0 Å². The van der Waals surface area contributed by atoms with Gasteiger partial charge < -0.3 is 4.90 Å². The first-order valence-electron chi connectivity index (χ1n) is 12.4. The smallest absolute Gasteiger partial charge is 0.146 e. The molecule has 1 fully saturated rings. The van der Waals surface area contributed by atoms with Crippen molar-refractivity contribution in [1.82, 2.24) is 9.88 Å². The minimum absolute atomic E-state index is 0.0631. The van der Waals surface area contributed by atoms with Crippen molar-refractivity contribution in [2.24, 2.45) is 5.92 Å². The number of rotatable bonds is 9. The summed E-state index contributed by atoms with van der Waals surface area (Å²) >= 11 is 0. The highest BCUT2D eigenvalue weighted by molar-refractivity contribution is 5.83. The quantitative estimate of drug-likeness (QED) is 0.413. The summed E-state index contributed by atoms with van der Waals surface area (Å²) in [5, 5.41) is 0. The SMILES string of the molecule is CCC(CC)C(=O)Cc1ccc(N2CCN(C(c3ccccc3)c3cccnc3)CC2)c(F)c1. The summed E-state index contributed by atoms with van der Waals surface area (Å²) in [6.07, 6.45) is 5.72. The summed E-state index contributed by atoms with van der Waals surface area (Å²) in [4.78, 5) is 21.4. The van der Waals surface area contributed by atoms with E-state index in [-0.39, 0.29) is 23.6 Å². The summed E-state index contributed by atoms with van der Waals surface area (Å²) in [6, 6.07) is 20.0. The molecule has 2 heterocycles. The van der Waals surface area contributed by atoms with Gasteiger partial charge in [-0.25, -0.2) is 4.39 Å². The molecule has 1 aromatic heterocycles. The van der Waals surface area contributed by atoms with Crippen molar-refractivity contribution in [2.75, 3.05) is 31.1 Å². The van der Waals surface area contributed by atoms with Crippen LogP contribution in [0.3, 0.4) is 0 Å². The Bertz CT molecular complexity index is 1020. The van der Waals surface area contributed by atoms with Gasteiger partial charge in [0, 0.05) is 50.9 Å². The Morgan fingerprint density at radius 1 is 0.941 bits per heavy atom. The van der Waals surface area contributed by atoms with Crippen molar-refractivity contribution >= 4 is 11.5 Å². The normalized spacial score (nSPS) is 15.5. The van der Waals surface area contributed by atoms with Crippen LogP contribution in [0.5, 0.6) is 0 Å². The highest BCUT2D eigenvalue weighted by atomic mass is 19.1. The Kier molecular flexibility index (Phi) is 8.07. The first-order chi connectivity index (χ1) is 16.6. The lowest BCUT2D eigenvalue weighted by atomic mass is 9.93. The summed E-state index contributed by atoms with van der Waals surface area (Å²) in [5.74, 6) is 0.0245. The molecule has 4 nitrogen and oxygen atoms in total. The molecule has 2 aromatic carbocycles. The average Bonchev–Trinajstić information content (AvgIpc) is 2.87. The number of halogens is 1. The average molecular weight is 460 g/mol. The van der Waals surface area contributed by atoms with Gasteiger partial charge in [0.05, 0.1) is 11.7 Å². The van der Waals surface area contributed by atoms with E-state index in [1.165, 1.54) is 11.1 Å². The molecule has 0 amide bonds. The van der Waals surface area contributed by atoms with E-state index in [0.29, 0.717) is 12.1 Å². The van der Waals surface area contributed by atoms with Crippen LogP contribution in [0, 0.1) is 11.7 Å².